The summed E-state index contributed by atoms with van der Waals surface area (Å²) in [5.41, 5.74) is 1.34. The van der Waals surface area contributed by atoms with Gasteiger partial charge in [-0.05, 0) is 22.3 Å². The number of hydrogen-bond acceptors (Lipinski definition) is 0. The van der Waals surface area contributed by atoms with Gasteiger partial charge in [-0.25, -0.2) is 0 Å². The first-order valence-corrected chi connectivity index (χ1v) is 8.49. The third-order valence-electron chi connectivity index (χ3n) is 3.79. The molecule has 0 aliphatic heterocycles. The highest BCUT2D eigenvalue weighted by Gasteiger charge is 2.12. The summed E-state index contributed by atoms with van der Waals surface area (Å²) in [6, 6.07) is 32.8. The van der Waals surface area contributed by atoms with Gasteiger partial charge in [0.25, 0.3) is 0 Å². The van der Waals surface area contributed by atoms with Crippen LogP contribution in [-0.4, -0.2) is 0 Å². The van der Waals surface area contributed by atoms with Gasteiger partial charge >= 0.3 is 0 Å². The number of fused-ring (bicyclic) bond motifs is 1. The van der Waals surface area contributed by atoms with E-state index in [9.17, 15) is 0 Å². The summed E-state index contributed by atoms with van der Waals surface area (Å²) in [7, 11) is -0.435. The van der Waals surface area contributed by atoms with Gasteiger partial charge in [0.1, 0.15) is 0 Å². The zero-order valence-corrected chi connectivity index (χ0v) is 12.5. The van der Waals surface area contributed by atoms with E-state index in [0.29, 0.717) is 0 Å². The van der Waals surface area contributed by atoms with E-state index in [1.165, 1.54) is 26.7 Å². The van der Waals surface area contributed by atoms with Crippen LogP contribution in [0.3, 0.4) is 0 Å². The van der Waals surface area contributed by atoms with Crippen LogP contribution in [-0.2, 0) is 0 Å². The second-order valence-electron chi connectivity index (χ2n) is 5.13. The van der Waals surface area contributed by atoms with E-state index in [-0.39, 0.29) is 0 Å². The van der Waals surface area contributed by atoms with E-state index in [1.807, 2.05) is 0 Å². The first kappa shape index (κ1) is 12.4. The van der Waals surface area contributed by atoms with E-state index in [0.717, 1.165) is 0 Å². The molecule has 0 spiro atoms. The average molecular weight is 286 g/mol. The van der Waals surface area contributed by atoms with E-state index in [1.54, 1.807) is 0 Å². The smallest absolute Gasteiger partial charge is 0.00682 e. The van der Waals surface area contributed by atoms with Crippen LogP contribution in [0, 0.1) is 0 Å². The molecule has 1 heterocycles. The van der Waals surface area contributed by atoms with E-state index < -0.39 is 7.53 Å². The first-order valence-electron chi connectivity index (χ1n) is 7.15. The maximum atomic E-state index is 2.36. The Morgan fingerprint density at radius 2 is 1.19 bits per heavy atom. The number of rotatable bonds is 2. The predicted octanol–water partition coefficient (Wildman–Crippen LogP) is 6.48. The van der Waals surface area contributed by atoms with Crippen molar-refractivity contribution in [2.75, 3.05) is 0 Å². The second-order valence-corrected chi connectivity index (χ2v) is 7.28. The molecule has 0 N–H and O–H groups in total. The molecule has 4 rings (SSSR count). The van der Waals surface area contributed by atoms with Gasteiger partial charge in [0.05, 0.1) is 0 Å². The van der Waals surface area contributed by atoms with Crippen LogP contribution in [0.2, 0.25) is 0 Å². The zero-order chi connectivity index (χ0) is 14.1. The van der Waals surface area contributed by atoms with Crippen LogP contribution in [0.4, 0.5) is 0 Å². The molecular formula is C20H15P. The molecule has 1 heteroatoms. The SMILES string of the molecule is c1ccc(-c2cc3ccccc3p2-c2ccccc2)cc1. The average Bonchev–Trinajstić information content (AvgIpc) is 2.96. The largest absolute Gasteiger partial charge is 0.0772 e. The Morgan fingerprint density at radius 3 is 1.95 bits per heavy atom. The Labute approximate surface area is 125 Å². The molecule has 0 saturated heterocycles. The lowest BCUT2D eigenvalue weighted by molar-refractivity contribution is 1.70. The predicted molar refractivity (Wildman–Crippen MR) is 93.4 cm³/mol. The monoisotopic (exact) mass is 286 g/mol. The third-order valence-corrected chi connectivity index (χ3v) is 6.37. The lowest BCUT2D eigenvalue weighted by atomic mass is 10.2. The third kappa shape index (κ3) is 2.18. The summed E-state index contributed by atoms with van der Waals surface area (Å²) < 4.78 is 0. The highest BCUT2D eigenvalue weighted by atomic mass is 31.1. The summed E-state index contributed by atoms with van der Waals surface area (Å²) in [5, 5.41) is 5.72. The molecule has 1 aromatic heterocycles. The van der Waals surface area contributed by atoms with E-state index in [4.69, 9.17) is 0 Å². The molecule has 0 aliphatic rings. The van der Waals surface area contributed by atoms with Crippen molar-refractivity contribution < 1.29 is 0 Å². The summed E-state index contributed by atoms with van der Waals surface area (Å²) in [5.74, 6) is 0. The van der Waals surface area contributed by atoms with Crippen molar-refractivity contribution in [1.29, 1.82) is 0 Å². The minimum Gasteiger partial charge on any atom is -0.0772 e. The minimum atomic E-state index is -0.435. The Bertz CT molecular complexity index is 874. The summed E-state index contributed by atoms with van der Waals surface area (Å²) in [6.07, 6.45) is 0. The Balaban J connectivity index is 2.07. The van der Waals surface area contributed by atoms with Gasteiger partial charge in [0.2, 0.25) is 0 Å². The number of hydrogen-bond donors (Lipinski definition) is 0. The Kier molecular flexibility index (Phi) is 3.10. The van der Waals surface area contributed by atoms with Crippen LogP contribution in [0.25, 0.3) is 26.7 Å². The highest BCUT2D eigenvalue weighted by Crippen LogP contribution is 2.55. The fourth-order valence-corrected chi connectivity index (χ4v) is 5.43. The van der Waals surface area contributed by atoms with Crippen LogP contribution < -0.4 is 0 Å². The molecule has 0 fully saturated rings. The van der Waals surface area contributed by atoms with E-state index >= 15 is 0 Å². The van der Waals surface area contributed by atoms with Gasteiger partial charge in [-0.3, -0.25) is 0 Å². The molecule has 0 aliphatic carbocycles. The molecule has 1 unspecified atom stereocenters. The topological polar surface area (TPSA) is 0 Å². The van der Waals surface area contributed by atoms with Gasteiger partial charge in [0, 0.05) is 10.4 Å². The lowest BCUT2D eigenvalue weighted by Crippen LogP contribution is -1.72. The van der Waals surface area contributed by atoms with Crippen molar-refractivity contribution in [2.45, 2.75) is 0 Å². The van der Waals surface area contributed by atoms with Gasteiger partial charge in [-0.15, -0.1) is 0 Å². The first-order chi connectivity index (χ1) is 10.4. The van der Waals surface area contributed by atoms with Crippen LogP contribution >= 0.6 is 7.53 Å². The molecule has 3 aromatic carbocycles. The van der Waals surface area contributed by atoms with Crippen molar-refractivity contribution in [3.05, 3.63) is 91.0 Å². The molecular weight excluding hydrogens is 271 g/mol. The molecule has 0 radical (unpaired) electrons. The standard InChI is InChI=1S/C20H15P/c1-3-9-16(10-4-1)20-15-17-11-7-8-14-19(17)21(20)18-12-5-2-6-13-18/h1-15H. The van der Waals surface area contributed by atoms with Crippen LogP contribution in [0.5, 0.6) is 0 Å². The summed E-state index contributed by atoms with van der Waals surface area (Å²) in [4.78, 5) is 0. The summed E-state index contributed by atoms with van der Waals surface area (Å²) >= 11 is 0. The van der Waals surface area contributed by atoms with Crippen LogP contribution in [0.15, 0.2) is 91.0 Å². The molecule has 21 heavy (non-hydrogen) atoms. The maximum Gasteiger partial charge on any atom is 0.00682 e. The van der Waals surface area contributed by atoms with Gasteiger partial charge in [-0.2, -0.15) is 0 Å². The van der Waals surface area contributed by atoms with Gasteiger partial charge in [-0.1, -0.05) is 92.5 Å². The van der Waals surface area contributed by atoms with E-state index in [2.05, 4.69) is 91.0 Å². The fraction of sp³-hybridized carbons (Fsp3) is 0. The van der Waals surface area contributed by atoms with Crippen molar-refractivity contribution in [1.82, 2.24) is 0 Å². The quantitative estimate of drug-likeness (QED) is 0.395. The Morgan fingerprint density at radius 1 is 0.571 bits per heavy atom. The maximum absolute atomic E-state index is 2.36. The molecule has 1 atom stereocenters. The molecule has 4 aromatic rings. The van der Waals surface area contributed by atoms with Gasteiger partial charge in [0.15, 0.2) is 0 Å². The second kappa shape index (κ2) is 5.24. The minimum absolute atomic E-state index is 0.435. The molecule has 0 saturated carbocycles. The lowest BCUT2D eigenvalue weighted by Gasteiger charge is -2.07. The van der Waals surface area contributed by atoms with Crippen molar-refractivity contribution in [2.24, 2.45) is 0 Å². The highest BCUT2D eigenvalue weighted by molar-refractivity contribution is 7.65. The van der Waals surface area contributed by atoms with Gasteiger partial charge < -0.3 is 0 Å². The molecule has 0 amide bonds. The summed E-state index contributed by atoms with van der Waals surface area (Å²) in [6.45, 7) is 0. The fourth-order valence-electron chi connectivity index (χ4n) is 2.83. The van der Waals surface area contributed by atoms with Crippen molar-refractivity contribution in [3.8, 4) is 16.2 Å². The zero-order valence-electron chi connectivity index (χ0n) is 11.6. The Hall–Kier alpha value is -2.30. The molecule has 0 bridgehead atoms. The molecule has 0 nitrogen and oxygen atoms in total. The van der Waals surface area contributed by atoms with Crippen LogP contribution in [0.1, 0.15) is 0 Å². The van der Waals surface area contributed by atoms with Crippen molar-refractivity contribution >= 4 is 18.0 Å². The van der Waals surface area contributed by atoms with Crippen molar-refractivity contribution in [3.63, 3.8) is 0 Å². The normalized spacial score (nSPS) is 11.7. The number of benzene rings is 3. The molecule has 100 valence electrons.